The van der Waals surface area contributed by atoms with E-state index in [1.54, 1.807) is 29.2 Å². The maximum Gasteiger partial charge on any atom is 0.348 e. The van der Waals surface area contributed by atoms with E-state index in [1.165, 1.54) is 31.3 Å². The molecule has 2 saturated heterocycles. The molecule has 22 heteroatoms. The first kappa shape index (κ1) is 47.9. The minimum absolute atomic E-state index is 0.0409. The van der Waals surface area contributed by atoms with Gasteiger partial charge in [-0.25, -0.2) is 28.2 Å². The second-order valence-electron chi connectivity index (χ2n) is 17.4. The molecular weight excluding hydrogens is 1010 g/mol. The Morgan fingerprint density at radius 1 is 0.941 bits per heavy atom. The van der Waals surface area contributed by atoms with E-state index in [-0.39, 0.29) is 76.1 Å². The number of aryl methyl sites for hydroxylation is 1. The number of phenols is 2. The lowest BCUT2D eigenvalue weighted by Gasteiger charge is -2.33. The molecule has 0 saturated carbocycles. The number of likely N-dealkylation sites (tertiary alicyclic amines) is 2. The molecule has 5 N–H and O–H groups in total. The molecule has 0 radical (unpaired) electrons. The Labute approximate surface area is 398 Å². The predicted molar refractivity (Wildman–Crippen MR) is 250 cm³/mol. The van der Waals surface area contributed by atoms with E-state index in [0.717, 1.165) is 20.0 Å². The number of pyridine rings is 1. The molecule has 0 spiro atoms. The number of benzene rings is 3. The maximum atomic E-state index is 15.7. The summed E-state index contributed by atoms with van der Waals surface area (Å²) in [5.41, 5.74) is -2.30. The molecule has 0 unspecified atom stereocenters. The first-order valence-electron chi connectivity index (χ1n) is 21.8. The summed E-state index contributed by atoms with van der Waals surface area (Å²) in [6.45, 7) is 4.48. The number of aliphatic hydroxyl groups is 1. The Hall–Kier alpha value is -6.53. The van der Waals surface area contributed by atoms with Gasteiger partial charge >= 0.3 is 11.7 Å². The van der Waals surface area contributed by atoms with E-state index in [9.17, 15) is 43.7 Å². The summed E-state index contributed by atoms with van der Waals surface area (Å²) in [5, 5.41) is 40.3. The van der Waals surface area contributed by atoms with Gasteiger partial charge in [0.2, 0.25) is 11.7 Å². The van der Waals surface area contributed by atoms with Crippen LogP contribution in [-0.4, -0.2) is 105 Å². The van der Waals surface area contributed by atoms with Crippen molar-refractivity contribution in [2.45, 2.75) is 58.2 Å². The van der Waals surface area contributed by atoms with Gasteiger partial charge in [0.05, 0.1) is 35.1 Å². The quantitative estimate of drug-likeness (QED) is 0.0788. The van der Waals surface area contributed by atoms with Crippen LogP contribution < -0.4 is 22.1 Å². The van der Waals surface area contributed by atoms with Crippen molar-refractivity contribution in [2.75, 3.05) is 38.1 Å². The van der Waals surface area contributed by atoms with Crippen LogP contribution in [0.2, 0.25) is 0 Å². The number of aromatic nitrogens is 6. The third-order valence-corrected chi connectivity index (χ3v) is 13.1. The van der Waals surface area contributed by atoms with Crippen LogP contribution in [0.5, 0.6) is 11.5 Å². The Balaban J connectivity index is 0.834. The zero-order valence-electron chi connectivity index (χ0n) is 37.0. The van der Waals surface area contributed by atoms with Crippen molar-refractivity contribution in [1.82, 2.24) is 38.7 Å². The van der Waals surface area contributed by atoms with Gasteiger partial charge in [-0.3, -0.25) is 33.2 Å². The second-order valence-corrected chi connectivity index (χ2v) is 18.6. The highest BCUT2D eigenvalue weighted by Gasteiger charge is 2.36. The van der Waals surface area contributed by atoms with Crippen molar-refractivity contribution in [3.63, 3.8) is 0 Å². The fraction of sp³-hybridized carbons (Fsp3) is 0.370. The number of hydrogen-bond acceptors (Lipinski definition) is 13. The van der Waals surface area contributed by atoms with Crippen LogP contribution >= 0.6 is 22.6 Å². The van der Waals surface area contributed by atoms with Gasteiger partial charge in [-0.15, -0.1) is 0 Å². The molecule has 18 nitrogen and oxygen atoms in total. The molecule has 2 aliphatic rings. The number of aliphatic hydroxyl groups excluding tert-OH is 1. The van der Waals surface area contributed by atoms with E-state index in [0.29, 0.717) is 53.6 Å². The van der Waals surface area contributed by atoms with E-state index in [1.807, 2.05) is 41.3 Å². The van der Waals surface area contributed by atoms with Crippen LogP contribution in [0.25, 0.3) is 28.1 Å². The number of amides is 1. The molecule has 6 aromatic rings. The van der Waals surface area contributed by atoms with Crippen molar-refractivity contribution in [3.05, 3.63) is 118 Å². The lowest BCUT2D eigenvalue weighted by atomic mass is 9.95. The number of carbonyl (C=O) groups is 2. The molecule has 2 aliphatic heterocycles. The van der Waals surface area contributed by atoms with Gasteiger partial charge in [0.1, 0.15) is 47.6 Å². The van der Waals surface area contributed by atoms with Gasteiger partial charge in [-0.1, -0.05) is 19.9 Å². The number of nitrogens with one attached hydrogen (secondary N) is 2. The van der Waals surface area contributed by atoms with Crippen LogP contribution in [0.3, 0.4) is 0 Å². The number of halogens is 4. The summed E-state index contributed by atoms with van der Waals surface area (Å²) in [4.78, 5) is 73.7. The number of carbonyl (C=O) groups excluding carboxylic acids is 2. The van der Waals surface area contributed by atoms with Crippen molar-refractivity contribution < 1.29 is 42.8 Å². The summed E-state index contributed by atoms with van der Waals surface area (Å²) in [7, 11) is 1.23. The normalized spacial score (nSPS) is 16.2. The predicted octanol–water partition coefficient (Wildman–Crippen LogP) is 4.60. The second kappa shape index (κ2) is 19.6. The number of esters is 1. The van der Waals surface area contributed by atoms with Gasteiger partial charge in [-0.2, -0.15) is 9.49 Å². The Kier molecular flexibility index (Phi) is 13.8. The molecule has 1 amide bonds. The summed E-state index contributed by atoms with van der Waals surface area (Å²) >= 11 is 1.89. The number of aromatic amines is 1. The lowest BCUT2D eigenvalue weighted by molar-refractivity contribution is -0.151. The van der Waals surface area contributed by atoms with Crippen molar-refractivity contribution in [3.8, 4) is 28.6 Å². The number of rotatable bonds is 13. The summed E-state index contributed by atoms with van der Waals surface area (Å²) in [5.74, 6) is -4.83. The van der Waals surface area contributed by atoms with Gasteiger partial charge in [0.25, 0.3) is 11.1 Å². The number of phenolic OH excluding ortho intramolecular Hbond substituents is 2. The van der Waals surface area contributed by atoms with E-state index in [4.69, 9.17) is 4.74 Å². The van der Waals surface area contributed by atoms with Crippen LogP contribution in [-0.2, 0) is 34.5 Å². The number of hydrogen-bond donors (Lipinski definition) is 5. The highest BCUT2D eigenvalue weighted by molar-refractivity contribution is 14.1. The number of H-pyrrole nitrogens is 1. The van der Waals surface area contributed by atoms with Gasteiger partial charge < -0.3 is 30.3 Å². The number of piperidine rings is 1. The lowest BCUT2D eigenvalue weighted by Crippen LogP contribution is -2.42. The minimum atomic E-state index is -1.41. The molecule has 8 rings (SSSR count). The SMILES string of the molecule is CC(C)c1cc(-c2n[nH]c(=O)n2-c2ccc(CN3CCC(C(=O)N4CC[C@H](C(=O)OC[C@H](O)Cn5cnc6c(c(Nc7ccc(I)cc7F)c(F)c(=O)n6C)c5=O)C4)CC3)c(F)c2)c(O)cc1O. The average Bonchev–Trinajstić information content (AvgIpc) is 3.96. The van der Waals surface area contributed by atoms with Gasteiger partial charge in [-0.05, 0) is 103 Å². The monoisotopic (exact) mass is 1050 g/mol. The highest BCUT2D eigenvalue weighted by Crippen LogP contribution is 2.38. The molecule has 3 aromatic heterocycles. The van der Waals surface area contributed by atoms with Crippen LogP contribution in [0.15, 0.2) is 69.2 Å². The van der Waals surface area contributed by atoms with Crippen molar-refractivity contribution >= 4 is 56.9 Å². The third-order valence-electron chi connectivity index (χ3n) is 12.5. The molecule has 0 aliphatic carbocycles. The van der Waals surface area contributed by atoms with Crippen molar-refractivity contribution in [2.24, 2.45) is 18.9 Å². The fourth-order valence-electron chi connectivity index (χ4n) is 8.71. The highest BCUT2D eigenvalue weighted by atomic mass is 127. The fourth-order valence-corrected chi connectivity index (χ4v) is 9.16. The molecule has 2 fully saturated rings. The Morgan fingerprint density at radius 3 is 2.38 bits per heavy atom. The smallest absolute Gasteiger partial charge is 0.348 e. The first-order valence-corrected chi connectivity index (χ1v) is 22.9. The largest absolute Gasteiger partial charge is 0.508 e. The number of nitrogens with zero attached hydrogens (tertiary/aromatic N) is 7. The average molecular weight is 1050 g/mol. The molecular formula is C46H47F3IN9O9. The summed E-state index contributed by atoms with van der Waals surface area (Å²) in [6, 6.07) is 11.1. The molecule has 3 aromatic carbocycles. The molecule has 2 atom stereocenters. The molecule has 358 valence electrons. The van der Waals surface area contributed by atoms with E-state index in [2.05, 4.69) is 20.5 Å². The number of anilines is 2. The summed E-state index contributed by atoms with van der Waals surface area (Å²) in [6.07, 6.45) is 0.997. The van der Waals surface area contributed by atoms with Crippen LogP contribution in [0, 0.1) is 32.9 Å². The zero-order valence-corrected chi connectivity index (χ0v) is 39.2. The molecule has 5 heterocycles. The molecule has 0 bridgehead atoms. The van der Waals surface area contributed by atoms with Crippen molar-refractivity contribution in [1.29, 1.82) is 0 Å². The van der Waals surface area contributed by atoms with E-state index >= 15 is 8.78 Å². The number of aromatic hydroxyl groups is 2. The minimum Gasteiger partial charge on any atom is -0.508 e. The third kappa shape index (κ3) is 9.61. The standard InChI is InChI=1S/C46H47F3IN9O9/c1-23(2)30-16-31(36(62)17-35(30)61)40-53-54-46(67)59(40)28-6-4-25(32(47)15-28)18-56-11-8-24(9-12-56)42(63)57-13-10-26(19-57)45(66)68-21-29(60)20-58-22-51-41-37(43(58)64)39(38(49)44(65)55(41)3)52-34-7-5-27(50)14-33(34)48/h4-7,14-17,22-24,26,29,52,60-62H,8-13,18-21H2,1-3H3,(H,54,67)/t26-,29+/m0/s1. The Morgan fingerprint density at radius 2 is 1.68 bits per heavy atom. The van der Waals surface area contributed by atoms with Crippen LogP contribution in [0.4, 0.5) is 24.5 Å². The first-order chi connectivity index (χ1) is 32.4. The molecule has 68 heavy (non-hydrogen) atoms. The Bertz CT molecular complexity index is 3130. The van der Waals surface area contributed by atoms with Crippen LogP contribution in [0.1, 0.15) is 50.2 Å². The summed E-state index contributed by atoms with van der Waals surface area (Å²) < 4.78 is 54.7. The van der Waals surface area contributed by atoms with E-state index < -0.39 is 71.1 Å². The zero-order chi connectivity index (χ0) is 48.7. The van der Waals surface area contributed by atoms with Gasteiger partial charge in [0.15, 0.2) is 11.5 Å². The number of ether oxygens (including phenoxy) is 1. The number of fused-ring (bicyclic) bond motifs is 1. The van der Waals surface area contributed by atoms with Gasteiger partial charge in [0, 0.05) is 47.8 Å². The maximum absolute atomic E-state index is 15.7. The topological polar surface area (TPSA) is 230 Å².